The van der Waals surface area contributed by atoms with Gasteiger partial charge in [0.15, 0.2) is 0 Å². The highest BCUT2D eigenvalue weighted by Crippen LogP contribution is 2.29. The van der Waals surface area contributed by atoms with Crippen molar-refractivity contribution in [3.8, 4) is 0 Å². The maximum atomic E-state index is 11.8. The lowest BCUT2D eigenvalue weighted by atomic mass is 10.3. The average molecular weight is 267 g/mol. The van der Waals surface area contributed by atoms with Crippen molar-refractivity contribution in [2.75, 3.05) is 11.4 Å². The summed E-state index contributed by atoms with van der Waals surface area (Å²) in [7, 11) is 0. The van der Waals surface area contributed by atoms with E-state index in [9.17, 15) is 4.79 Å². The Morgan fingerprint density at radius 2 is 2.35 bits per heavy atom. The van der Waals surface area contributed by atoms with E-state index in [0.29, 0.717) is 13.0 Å². The molecular formula is C12H11ClN2OS. The monoisotopic (exact) mass is 266 g/mol. The summed E-state index contributed by atoms with van der Waals surface area (Å²) < 4.78 is 1.12. The predicted octanol–water partition coefficient (Wildman–Crippen LogP) is 2.95. The van der Waals surface area contributed by atoms with Gasteiger partial charge < -0.3 is 4.90 Å². The minimum atomic E-state index is -0.0682. The third-order valence-electron chi connectivity index (χ3n) is 2.87. The van der Waals surface area contributed by atoms with Crippen molar-refractivity contribution in [3.63, 3.8) is 0 Å². The lowest BCUT2D eigenvalue weighted by Crippen LogP contribution is -2.24. The largest absolute Gasteiger partial charge is 0.311 e. The molecule has 1 aliphatic rings. The lowest BCUT2D eigenvalue weighted by molar-refractivity contribution is -0.117. The van der Waals surface area contributed by atoms with Crippen LogP contribution in [0.2, 0.25) is 0 Å². The normalized spacial score (nSPS) is 20.5. The summed E-state index contributed by atoms with van der Waals surface area (Å²) in [5.74, 6) is 0.102. The first kappa shape index (κ1) is 11.0. The number of benzene rings is 1. The van der Waals surface area contributed by atoms with Crippen LogP contribution < -0.4 is 4.90 Å². The molecule has 2 heterocycles. The van der Waals surface area contributed by atoms with Crippen molar-refractivity contribution in [2.45, 2.75) is 18.7 Å². The number of aryl methyl sites for hydroxylation is 1. The van der Waals surface area contributed by atoms with Gasteiger partial charge in [-0.25, -0.2) is 4.98 Å². The van der Waals surface area contributed by atoms with Gasteiger partial charge in [0.05, 0.1) is 20.6 Å². The van der Waals surface area contributed by atoms with Gasteiger partial charge in [0.1, 0.15) is 0 Å². The number of hydrogen-bond donors (Lipinski definition) is 0. The van der Waals surface area contributed by atoms with E-state index in [2.05, 4.69) is 4.98 Å². The number of amides is 1. The van der Waals surface area contributed by atoms with Gasteiger partial charge in [0.25, 0.3) is 0 Å². The molecule has 0 radical (unpaired) electrons. The number of thiazole rings is 1. The Morgan fingerprint density at radius 1 is 1.53 bits per heavy atom. The van der Waals surface area contributed by atoms with Crippen molar-refractivity contribution in [1.29, 1.82) is 0 Å². The fraction of sp³-hybridized carbons (Fsp3) is 0.333. The molecule has 0 N–H and O–H groups in total. The maximum Gasteiger partial charge on any atom is 0.228 e. The Morgan fingerprint density at radius 3 is 3.06 bits per heavy atom. The van der Waals surface area contributed by atoms with E-state index in [-0.39, 0.29) is 11.3 Å². The molecule has 1 aliphatic heterocycles. The number of halogens is 1. The minimum absolute atomic E-state index is 0.0682. The van der Waals surface area contributed by atoms with E-state index in [1.165, 1.54) is 0 Å². The standard InChI is InChI=1S/C12H11ClN2OS/c1-7-14-10-3-2-9(5-11(10)17-7)15-6-8(13)4-12(15)16/h2-3,5,8H,4,6H2,1H3. The van der Waals surface area contributed by atoms with Crippen LogP contribution in [0.1, 0.15) is 11.4 Å². The highest BCUT2D eigenvalue weighted by molar-refractivity contribution is 7.18. The fourth-order valence-electron chi connectivity index (χ4n) is 2.11. The first-order valence-electron chi connectivity index (χ1n) is 5.45. The Kier molecular flexibility index (Phi) is 2.56. The van der Waals surface area contributed by atoms with E-state index < -0.39 is 0 Å². The zero-order valence-corrected chi connectivity index (χ0v) is 10.9. The van der Waals surface area contributed by atoms with E-state index in [1.54, 1.807) is 16.2 Å². The smallest absolute Gasteiger partial charge is 0.228 e. The molecule has 2 aromatic rings. The van der Waals surface area contributed by atoms with Crippen LogP contribution in [0.25, 0.3) is 10.2 Å². The van der Waals surface area contributed by atoms with E-state index in [1.807, 2.05) is 25.1 Å². The third kappa shape index (κ3) is 1.91. The molecule has 0 aliphatic carbocycles. The van der Waals surface area contributed by atoms with Crippen molar-refractivity contribution in [3.05, 3.63) is 23.2 Å². The van der Waals surface area contributed by atoms with Crippen LogP contribution in [0.15, 0.2) is 18.2 Å². The molecule has 0 spiro atoms. The van der Waals surface area contributed by atoms with Gasteiger partial charge in [0, 0.05) is 18.7 Å². The topological polar surface area (TPSA) is 33.2 Å². The maximum absolute atomic E-state index is 11.8. The van der Waals surface area contributed by atoms with Gasteiger partial charge in [0.2, 0.25) is 5.91 Å². The highest BCUT2D eigenvalue weighted by Gasteiger charge is 2.29. The van der Waals surface area contributed by atoms with Gasteiger partial charge >= 0.3 is 0 Å². The molecule has 5 heteroatoms. The summed E-state index contributed by atoms with van der Waals surface area (Å²) in [6.07, 6.45) is 0.432. The first-order valence-corrected chi connectivity index (χ1v) is 6.70. The second kappa shape index (κ2) is 3.96. The molecule has 1 saturated heterocycles. The van der Waals surface area contributed by atoms with Gasteiger partial charge in [-0.2, -0.15) is 0 Å². The zero-order chi connectivity index (χ0) is 12.0. The molecule has 3 nitrogen and oxygen atoms in total. The Labute approximate surface area is 108 Å². The van der Waals surface area contributed by atoms with E-state index in [4.69, 9.17) is 11.6 Å². The number of alkyl halides is 1. The second-order valence-electron chi connectivity index (χ2n) is 4.19. The van der Waals surface area contributed by atoms with Gasteiger partial charge in [-0.1, -0.05) is 0 Å². The summed E-state index contributed by atoms with van der Waals surface area (Å²) in [6.45, 7) is 2.59. The van der Waals surface area contributed by atoms with Crippen molar-refractivity contribution in [2.24, 2.45) is 0 Å². The number of nitrogens with zero attached hydrogens (tertiary/aromatic N) is 2. The van der Waals surface area contributed by atoms with Crippen LogP contribution >= 0.6 is 22.9 Å². The van der Waals surface area contributed by atoms with E-state index in [0.717, 1.165) is 20.9 Å². The third-order valence-corrected chi connectivity index (χ3v) is 4.09. The molecule has 17 heavy (non-hydrogen) atoms. The minimum Gasteiger partial charge on any atom is -0.311 e. The van der Waals surface area contributed by atoms with Crippen LogP contribution in [-0.2, 0) is 4.79 Å². The Bertz CT molecular complexity index is 595. The first-order chi connectivity index (χ1) is 8.13. The molecule has 3 rings (SSSR count). The molecule has 0 saturated carbocycles. The summed E-state index contributed by atoms with van der Waals surface area (Å²) in [4.78, 5) is 17.9. The van der Waals surface area contributed by atoms with Gasteiger partial charge in [-0.15, -0.1) is 22.9 Å². The van der Waals surface area contributed by atoms with Gasteiger partial charge in [-0.3, -0.25) is 4.79 Å². The molecule has 1 atom stereocenters. The van der Waals surface area contributed by atoms with Crippen molar-refractivity contribution >= 4 is 44.7 Å². The molecule has 1 aromatic carbocycles. The van der Waals surface area contributed by atoms with Crippen molar-refractivity contribution in [1.82, 2.24) is 4.98 Å². The Hall–Kier alpha value is -1.13. The molecule has 1 aromatic heterocycles. The van der Waals surface area contributed by atoms with Gasteiger partial charge in [-0.05, 0) is 25.1 Å². The fourth-order valence-corrected chi connectivity index (χ4v) is 3.24. The summed E-state index contributed by atoms with van der Waals surface area (Å²) in [5.41, 5.74) is 1.92. The Balaban J connectivity index is 2.03. The SMILES string of the molecule is Cc1nc2ccc(N3CC(Cl)CC3=O)cc2s1. The zero-order valence-electron chi connectivity index (χ0n) is 9.31. The lowest BCUT2D eigenvalue weighted by Gasteiger charge is -2.15. The van der Waals surface area contributed by atoms with Crippen LogP contribution in [0.5, 0.6) is 0 Å². The number of rotatable bonds is 1. The van der Waals surface area contributed by atoms with Crippen LogP contribution in [0.3, 0.4) is 0 Å². The van der Waals surface area contributed by atoms with Crippen LogP contribution in [0.4, 0.5) is 5.69 Å². The number of aromatic nitrogens is 1. The molecular weight excluding hydrogens is 256 g/mol. The molecule has 88 valence electrons. The number of anilines is 1. The molecule has 1 fully saturated rings. The number of carbonyl (C=O) groups excluding carboxylic acids is 1. The van der Waals surface area contributed by atoms with Crippen LogP contribution in [0, 0.1) is 6.92 Å². The number of fused-ring (bicyclic) bond motifs is 1. The summed E-state index contributed by atoms with van der Waals surface area (Å²) in [6, 6.07) is 5.92. The predicted molar refractivity (Wildman–Crippen MR) is 71.0 cm³/mol. The number of hydrogen-bond acceptors (Lipinski definition) is 3. The van der Waals surface area contributed by atoms with Crippen LogP contribution in [-0.4, -0.2) is 22.8 Å². The second-order valence-corrected chi connectivity index (χ2v) is 6.04. The molecule has 0 bridgehead atoms. The summed E-state index contributed by atoms with van der Waals surface area (Å²) >= 11 is 7.65. The van der Waals surface area contributed by atoms with Crippen molar-refractivity contribution < 1.29 is 4.79 Å². The highest BCUT2D eigenvalue weighted by atomic mass is 35.5. The quantitative estimate of drug-likeness (QED) is 0.744. The number of carbonyl (C=O) groups is 1. The summed E-state index contributed by atoms with van der Waals surface area (Å²) in [5, 5.41) is 0.974. The average Bonchev–Trinajstić information content (AvgIpc) is 2.78. The molecule has 1 amide bonds. The van der Waals surface area contributed by atoms with E-state index >= 15 is 0 Å². The molecule has 1 unspecified atom stereocenters.